The Labute approximate surface area is 179 Å². The smallest absolute Gasteiger partial charge is 0.227 e. The van der Waals surface area contributed by atoms with E-state index in [1.807, 2.05) is 54.4 Å². The second-order valence-corrected chi connectivity index (χ2v) is 9.81. The number of hydrogen-bond donors (Lipinski definition) is 1. The molecule has 1 aliphatic rings. The largest absolute Gasteiger partial charge is 0.337 e. The third-order valence-electron chi connectivity index (χ3n) is 5.66. The predicted octanol–water partition coefficient (Wildman–Crippen LogP) is 2.57. The SMILES string of the molecule is CN(C(=O)Cc1ccccc1CNS(C)(=O)=O)C(CN1CCCC1)c1ccccc1. The number of nitrogens with one attached hydrogen (secondary N) is 1. The molecule has 1 amide bonds. The molecule has 0 aromatic heterocycles. The predicted molar refractivity (Wildman–Crippen MR) is 119 cm³/mol. The molecule has 1 saturated heterocycles. The van der Waals surface area contributed by atoms with Gasteiger partial charge in [0.05, 0.1) is 18.7 Å². The van der Waals surface area contributed by atoms with Crippen LogP contribution in [-0.4, -0.2) is 57.1 Å². The second-order valence-electron chi connectivity index (χ2n) is 7.98. The van der Waals surface area contributed by atoms with E-state index < -0.39 is 10.0 Å². The van der Waals surface area contributed by atoms with Gasteiger partial charge in [0, 0.05) is 20.1 Å². The van der Waals surface area contributed by atoms with Gasteiger partial charge < -0.3 is 9.80 Å². The Balaban J connectivity index is 1.75. The molecule has 0 aliphatic carbocycles. The van der Waals surface area contributed by atoms with Crippen LogP contribution in [0.1, 0.15) is 35.6 Å². The number of amides is 1. The van der Waals surface area contributed by atoms with Crippen LogP contribution in [-0.2, 0) is 27.8 Å². The van der Waals surface area contributed by atoms with Gasteiger partial charge in [0.15, 0.2) is 0 Å². The van der Waals surface area contributed by atoms with E-state index in [1.54, 1.807) is 0 Å². The molecule has 6 nitrogen and oxygen atoms in total. The number of likely N-dealkylation sites (N-methyl/N-ethyl adjacent to an activating group) is 1. The molecule has 1 unspecified atom stereocenters. The Morgan fingerprint density at radius 2 is 1.63 bits per heavy atom. The number of carbonyl (C=O) groups is 1. The van der Waals surface area contributed by atoms with Gasteiger partial charge in [-0.25, -0.2) is 13.1 Å². The van der Waals surface area contributed by atoms with Crippen molar-refractivity contribution in [3.05, 3.63) is 71.3 Å². The Hall–Kier alpha value is -2.22. The van der Waals surface area contributed by atoms with Crippen molar-refractivity contribution in [2.24, 2.45) is 0 Å². The van der Waals surface area contributed by atoms with Gasteiger partial charge in [0.1, 0.15) is 0 Å². The third kappa shape index (κ3) is 6.39. The number of hydrogen-bond acceptors (Lipinski definition) is 4. The normalized spacial score (nSPS) is 15.8. The highest BCUT2D eigenvalue weighted by atomic mass is 32.2. The highest BCUT2D eigenvalue weighted by Gasteiger charge is 2.26. The highest BCUT2D eigenvalue weighted by molar-refractivity contribution is 7.88. The fourth-order valence-corrected chi connectivity index (χ4v) is 4.33. The quantitative estimate of drug-likeness (QED) is 0.665. The van der Waals surface area contributed by atoms with Crippen LogP contribution >= 0.6 is 0 Å². The molecule has 30 heavy (non-hydrogen) atoms. The lowest BCUT2D eigenvalue weighted by molar-refractivity contribution is -0.131. The van der Waals surface area contributed by atoms with Crippen LogP contribution in [0.4, 0.5) is 0 Å². The van der Waals surface area contributed by atoms with Crippen LogP contribution in [0, 0.1) is 0 Å². The van der Waals surface area contributed by atoms with E-state index >= 15 is 0 Å². The molecule has 2 aromatic rings. The van der Waals surface area contributed by atoms with E-state index in [2.05, 4.69) is 21.8 Å². The van der Waals surface area contributed by atoms with E-state index in [0.29, 0.717) is 0 Å². The van der Waals surface area contributed by atoms with E-state index in [1.165, 1.54) is 12.8 Å². The van der Waals surface area contributed by atoms with Crippen molar-refractivity contribution in [3.8, 4) is 0 Å². The van der Waals surface area contributed by atoms with Crippen molar-refractivity contribution in [1.29, 1.82) is 0 Å². The lowest BCUT2D eigenvalue weighted by Crippen LogP contribution is -2.39. The molecule has 1 N–H and O–H groups in total. The summed E-state index contributed by atoms with van der Waals surface area (Å²) in [6.07, 6.45) is 3.79. The van der Waals surface area contributed by atoms with Crippen molar-refractivity contribution in [3.63, 3.8) is 0 Å². The summed E-state index contributed by atoms with van der Waals surface area (Å²) in [5, 5.41) is 0. The van der Waals surface area contributed by atoms with Gasteiger partial charge in [0.2, 0.25) is 15.9 Å². The monoisotopic (exact) mass is 429 g/mol. The van der Waals surface area contributed by atoms with Crippen LogP contribution in [0.25, 0.3) is 0 Å². The minimum absolute atomic E-state index is 0.0156. The van der Waals surface area contributed by atoms with Gasteiger partial charge >= 0.3 is 0 Å². The molecule has 0 radical (unpaired) electrons. The zero-order chi connectivity index (χ0) is 21.6. The van der Waals surface area contributed by atoms with E-state index in [-0.39, 0.29) is 24.9 Å². The topological polar surface area (TPSA) is 69.7 Å². The zero-order valence-corrected chi connectivity index (χ0v) is 18.6. The van der Waals surface area contributed by atoms with Gasteiger partial charge in [-0.05, 0) is 42.6 Å². The summed E-state index contributed by atoms with van der Waals surface area (Å²) in [7, 11) is -1.43. The number of nitrogens with zero attached hydrogens (tertiary/aromatic N) is 2. The summed E-state index contributed by atoms with van der Waals surface area (Å²) in [5.74, 6) is 0.0230. The molecule has 1 heterocycles. The fourth-order valence-electron chi connectivity index (χ4n) is 3.91. The summed E-state index contributed by atoms with van der Waals surface area (Å²) in [5.41, 5.74) is 2.80. The molecule has 1 aliphatic heterocycles. The minimum atomic E-state index is -3.30. The first-order chi connectivity index (χ1) is 14.3. The third-order valence-corrected chi connectivity index (χ3v) is 6.33. The number of carbonyl (C=O) groups excluding carboxylic acids is 1. The second kappa shape index (κ2) is 10.2. The van der Waals surface area contributed by atoms with Crippen LogP contribution in [0.15, 0.2) is 54.6 Å². The van der Waals surface area contributed by atoms with Crippen molar-refractivity contribution in [2.45, 2.75) is 31.8 Å². The van der Waals surface area contributed by atoms with Crippen LogP contribution in [0.5, 0.6) is 0 Å². The first kappa shape index (κ1) is 22.5. The van der Waals surface area contributed by atoms with Gasteiger partial charge in [-0.15, -0.1) is 0 Å². The number of sulfonamides is 1. The maximum Gasteiger partial charge on any atom is 0.227 e. The zero-order valence-electron chi connectivity index (χ0n) is 17.8. The lowest BCUT2D eigenvalue weighted by atomic mass is 10.0. The summed E-state index contributed by atoms with van der Waals surface area (Å²) in [6, 6.07) is 17.6. The van der Waals surface area contributed by atoms with Gasteiger partial charge in [-0.1, -0.05) is 54.6 Å². The number of likely N-dealkylation sites (tertiary alicyclic amines) is 1. The van der Waals surface area contributed by atoms with E-state index in [0.717, 1.165) is 42.6 Å². The summed E-state index contributed by atoms with van der Waals surface area (Å²) >= 11 is 0. The van der Waals surface area contributed by atoms with Crippen LogP contribution in [0.3, 0.4) is 0 Å². The standard InChI is InChI=1S/C23H31N3O3S/c1-25(22(18-26-14-8-9-15-26)19-10-4-3-5-11-19)23(27)16-20-12-6-7-13-21(20)17-24-30(2,28)29/h3-7,10-13,22,24H,8-9,14-18H2,1-2H3. The van der Waals surface area contributed by atoms with Crippen molar-refractivity contribution in [1.82, 2.24) is 14.5 Å². The Morgan fingerprint density at radius 1 is 1.03 bits per heavy atom. The average Bonchev–Trinajstić information content (AvgIpc) is 3.24. The molecule has 1 fully saturated rings. The first-order valence-corrected chi connectivity index (χ1v) is 12.3. The first-order valence-electron chi connectivity index (χ1n) is 10.4. The maximum atomic E-state index is 13.2. The van der Waals surface area contributed by atoms with Crippen molar-refractivity contribution < 1.29 is 13.2 Å². The fraction of sp³-hybridized carbons (Fsp3) is 0.435. The van der Waals surface area contributed by atoms with Gasteiger partial charge in [-0.3, -0.25) is 4.79 Å². The molecule has 0 bridgehead atoms. The van der Waals surface area contributed by atoms with Crippen molar-refractivity contribution >= 4 is 15.9 Å². The maximum absolute atomic E-state index is 13.2. The van der Waals surface area contributed by atoms with Gasteiger partial charge in [0.25, 0.3) is 0 Å². The molecule has 162 valence electrons. The summed E-state index contributed by atoms with van der Waals surface area (Å²) in [4.78, 5) is 17.5. The van der Waals surface area contributed by atoms with E-state index in [9.17, 15) is 13.2 Å². The Kier molecular flexibility index (Phi) is 7.64. The Morgan fingerprint density at radius 3 is 2.27 bits per heavy atom. The molecule has 0 spiro atoms. The average molecular weight is 430 g/mol. The number of benzene rings is 2. The molecule has 0 saturated carbocycles. The van der Waals surface area contributed by atoms with Crippen LogP contribution in [0.2, 0.25) is 0 Å². The van der Waals surface area contributed by atoms with Gasteiger partial charge in [-0.2, -0.15) is 0 Å². The van der Waals surface area contributed by atoms with Crippen LogP contribution < -0.4 is 4.72 Å². The lowest BCUT2D eigenvalue weighted by Gasteiger charge is -2.32. The summed E-state index contributed by atoms with van der Waals surface area (Å²) in [6.45, 7) is 3.15. The van der Waals surface area contributed by atoms with E-state index in [4.69, 9.17) is 0 Å². The molecule has 3 rings (SSSR count). The number of rotatable bonds is 9. The van der Waals surface area contributed by atoms with Crippen molar-refractivity contribution in [2.75, 3.05) is 32.9 Å². The molecular formula is C23H31N3O3S. The summed E-state index contributed by atoms with van der Waals surface area (Å²) < 4.78 is 25.5. The molecule has 2 aromatic carbocycles. The molecule has 1 atom stereocenters. The minimum Gasteiger partial charge on any atom is -0.337 e. The highest BCUT2D eigenvalue weighted by Crippen LogP contribution is 2.24. The molecular weight excluding hydrogens is 398 g/mol. The molecule has 7 heteroatoms. The Bertz CT molecular complexity index is 941.